The van der Waals surface area contributed by atoms with Gasteiger partial charge in [-0.15, -0.1) is 0 Å². The molecule has 2 aromatic heterocycles. The van der Waals surface area contributed by atoms with Gasteiger partial charge in [0.05, 0.1) is 15.3 Å². The number of aliphatic hydroxyl groups is 1. The highest BCUT2D eigenvalue weighted by atomic mass is 32.2. The Kier molecular flexibility index (Phi) is 6.07. The number of hydrogen-bond donors (Lipinski definition) is 3. The molecule has 7 nitrogen and oxygen atoms in total. The number of sulfonamides is 1. The van der Waals surface area contributed by atoms with Crippen LogP contribution in [0.2, 0.25) is 0 Å². The average Bonchev–Trinajstić information content (AvgIpc) is 3.17. The van der Waals surface area contributed by atoms with Crippen molar-refractivity contribution < 1.29 is 13.5 Å². The van der Waals surface area contributed by atoms with Crippen molar-refractivity contribution in [1.82, 2.24) is 19.4 Å². The van der Waals surface area contributed by atoms with E-state index in [1.165, 1.54) is 11.5 Å². The fourth-order valence-electron chi connectivity index (χ4n) is 3.28. The Hall–Kier alpha value is -2.43. The minimum absolute atomic E-state index is 0.210. The molecule has 0 bridgehead atoms. The van der Waals surface area contributed by atoms with Gasteiger partial charge in [0, 0.05) is 42.3 Å². The van der Waals surface area contributed by atoms with Crippen molar-refractivity contribution in [2.24, 2.45) is 0 Å². The summed E-state index contributed by atoms with van der Waals surface area (Å²) in [5.41, 5.74) is 0.641. The van der Waals surface area contributed by atoms with Gasteiger partial charge in [-0.05, 0) is 48.1 Å². The zero-order chi connectivity index (χ0) is 21.1. The highest BCUT2D eigenvalue weighted by Crippen LogP contribution is 2.26. The third kappa shape index (κ3) is 4.50. The van der Waals surface area contributed by atoms with Crippen LogP contribution in [0, 0.1) is 0 Å². The normalized spacial score (nSPS) is 14.2. The molecular formula is C21H22N4O3S2. The van der Waals surface area contributed by atoms with E-state index in [4.69, 9.17) is 0 Å². The third-order valence-electron chi connectivity index (χ3n) is 4.79. The molecule has 3 N–H and O–H groups in total. The summed E-state index contributed by atoms with van der Waals surface area (Å²) < 4.78 is 33.5. The van der Waals surface area contributed by atoms with Crippen LogP contribution >= 0.6 is 11.5 Å². The first-order chi connectivity index (χ1) is 14.4. The van der Waals surface area contributed by atoms with Crippen LogP contribution in [0.4, 0.5) is 0 Å². The second kappa shape index (κ2) is 8.75. The molecule has 0 spiro atoms. The second-order valence-corrected chi connectivity index (χ2v) is 9.66. The second-order valence-electron chi connectivity index (χ2n) is 7.14. The van der Waals surface area contributed by atoms with E-state index in [1.807, 2.05) is 24.3 Å². The molecule has 4 rings (SSSR count). The SMILES string of the molecule is C[C@H](CNCC(O)c1nsc2ccccc12)NS(=O)(=O)c1ccc2cnccc2c1. The third-order valence-corrected chi connectivity index (χ3v) is 7.22. The van der Waals surface area contributed by atoms with Crippen LogP contribution in [-0.4, -0.2) is 42.0 Å². The summed E-state index contributed by atoms with van der Waals surface area (Å²) in [6, 6.07) is 14.1. The first-order valence-electron chi connectivity index (χ1n) is 9.53. The van der Waals surface area contributed by atoms with E-state index >= 15 is 0 Å². The zero-order valence-electron chi connectivity index (χ0n) is 16.3. The smallest absolute Gasteiger partial charge is 0.240 e. The van der Waals surface area contributed by atoms with Gasteiger partial charge < -0.3 is 10.4 Å². The quantitative estimate of drug-likeness (QED) is 0.388. The van der Waals surface area contributed by atoms with E-state index in [-0.39, 0.29) is 17.5 Å². The van der Waals surface area contributed by atoms with Gasteiger partial charge in [0.25, 0.3) is 0 Å². The van der Waals surface area contributed by atoms with Gasteiger partial charge >= 0.3 is 0 Å². The fraction of sp³-hybridized carbons (Fsp3) is 0.238. The Labute approximate surface area is 179 Å². The summed E-state index contributed by atoms with van der Waals surface area (Å²) in [7, 11) is -3.66. The Bertz CT molecular complexity index is 1270. The van der Waals surface area contributed by atoms with E-state index in [2.05, 4.69) is 19.4 Å². The molecule has 2 aromatic carbocycles. The van der Waals surface area contributed by atoms with E-state index < -0.39 is 16.1 Å². The van der Waals surface area contributed by atoms with Crippen molar-refractivity contribution in [1.29, 1.82) is 0 Å². The Morgan fingerprint density at radius 3 is 2.80 bits per heavy atom. The van der Waals surface area contributed by atoms with Gasteiger partial charge in [0.1, 0.15) is 6.10 Å². The molecule has 0 aliphatic carbocycles. The van der Waals surface area contributed by atoms with Crippen LogP contribution in [0.1, 0.15) is 18.7 Å². The molecule has 0 amide bonds. The number of benzene rings is 2. The number of nitrogens with one attached hydrogen (secondary N) is 2. The fourth-order valence-corrected chi connectivity index (χ4v) is 5.39. The summed E-state index contributed by atoms with van der Waals surface area (Å²) in [5, 5.41) is 16.2. The minimum atomic E-state index is -3.66. The van der Waals surface area contributed by atoms with Gasteiger partial charge in [-0.3, -0.25) is 4.98 Å². The summed E-state index contributed by atoms with van der Waals surface area (Å²) in [4.78, 5) is 4.25. The van der Waals surface area contributed by atoms with Gasteiger partial charge in [-0.1, -0.05) is 24.3 Å². The summed E-state index contributed by atoms with van der Waals surface area (Å²) >= 11 is 1.35. The summed E-state index contributed by atoms with van der Waals surface area (Å²) in [6.07, 6.45) is 2.57. The van der Waals surface area contributed by atoms with Crippen LogP contribution in [-0.2, 0) is 10.0 Å². The lowest BCUT2D eigenvalue weighted by Gasteiger charge is -2.17. The topological polar surface area (TPSA) is 104 Å². The number of aliphatic hydroxyl groups excluding tert-OH is 1. The van der Waals surface area contributed by atoms with E-state index in [9.17, 15) is 13.5 Å². The lowest BCUT2D eigenvalue weighted by molar-refractivity contribution is 0.172. The molecule has 4 aromatic rings. The molecule has 0 saturated carbocycles. The highest BCUT2D eigenvalue weighted by molar-refractivity contribution is 7.89. The standard InChI is InChI=1S/C21H22N4O3S2/c1-14(11-23-13-19(26)21-18-4-2-3-5-20(18)29-24-21)25-30(27,28)17-7-6-16-12-22-9-8-15(16)10-17/h2-10,12,14,19,23,25-26H,11,13H2,1H3/t14-,19?/m1/s1. The molecule has 2 atom stereocenters. The minimum Gasteiger partial charge on any atom is -0.385 e. The van der Waals surface area contributed by atoms with Crippen molar-refractivity contribution >= 4 is 42.4 Å². The number of rotatable bonds is 8. The maximum atomic E-state index is 12.7. The number of nitrogens with zero attached hydrogens (tertiary/aromatic N) is 2. The van der Waals surface area contributed by atoms with E-state index in [0.29, 0.717) is 12.2 Å². The molecule has 2 heterocycles. The predicted molar refractivity (Wildman–Crippen MR) is 119 cm³/mol. The molecule has 0 aliphatic rings. The Morgan fingerprint density at radius 1 is 1.10 bits per heavy atom. The van der Waals surface area contributed by atoms with Crippen LogP contribution in [0.15, 0.2) is 65.8 Å². The molecule has 0 fully saturated rings. The van der Waals surface area contributed by atoms with Crippen molar-refractivity contribution in [2.45, 2.75) is 24.0 Å². The lowest BCUT2D eigenvalue weighted by Crippen LogP contribution is -2.40. The largest absolute Gasteiger partial charge is 0.385 e. The van der Waals surface area contributed by atoms with Crippen molar-refractivity contribution in [3.05, 3.63) is 66.6 Å². The summed E-state index contributed by atoms with van der Waals surface area (Å²) in [6.45, 7) is 2.43. The maximum Gasteiger partial charge on any atom is 0.240 e. The lowest BCUT2D eigenvalue weighted by atomic mass is 10.1. The highest BCUT2D eigenvalue weighted by Gasteiger charge is 2.19. The monoisotopic (exact) mass is 442 g/mol. The van der Waals surface area contributed by atoms with Gasteiger partial charge in [-0.25, -0.2) is 13.1 Å². The van der Waals surface area contributed by atoms with Crippen molar-refractivity contribution in [3.8, 4) is 0 Å². The van der Waals surface area contributed by atoms with Gasteiger partial charge in [0.2, 0.25) is 10.0 Å². The number of aromatic nitrogens is 2. The van der Waals surface area contributed by atoms with E-state index in [1.54, 1.807) is 43.6 Å². The van der Waals surface area contributed by atoms with E-state index in [0.717, 1.165) is 20.9 Å². The van der Waals surface area contributed by atoms with Gasteiger partial charge in [-0.2, -0.15) is 4.37 Å². The molecule has 1 unspecified atom stereocenters. The molecule has 0 radical (unpaired) electrons. The molecule has 30 heavy (non-hydrogen) atoms. The average molecular weight is 443 g/mol. The van der Waals surface area contributed by atoms with Crippen molar-refractivity contribution in [2.75, 3.05) is 13.1 Å². The Balaban J connectivity index is 1.35. The van der Waals surface area contributed by atoms with Crippen LogP contribution < -0.4 is 10.0 Å². The predicted octanol–water partition coefficient (Wildman–Crippen LogP) is 2.83. The van der Waals surface area contributed by atoms with Crippen LogP contribution in [0.5, 0.6) is 0 Å². The number of fused-ring (bicyclic) bond motifs is 2. The maximum absolute atomic E-state index is 12.7. The molecule has 0 saturated heterocycles. The van der Waals surface area contributed by atoms with Crippen LogP contribution in [0.3, 0.4) is 0 Å². The van der Waals surface area contributed by atoms with Crippen molar-refractivity contribution in [3.63, 3.8) is 0 Å². The molecule has 156 valence electrons. The Morgan fingerprint density at radius 2 is 1.93 bits per heavy atom. The van der Waals surface area contributed by atoms with Gasteiger partial charge in [0.15, 0.2) is 0 Å². The number of pyridine rings is 1. The number of hydrogen-bond acceptors (Lipinski definition) is 7. The first-order valence-corrected chi connectivity index (χ1v) is 11.8. The first kappa shape index (κ1) is 20.8. The summed E-state index contributed by atoms with van der Waals surface area (Å²) in [5.74, 6) is 0. The molecule has 9 heteroatoms. The molecular weight excluding hydrogens is 420 g/mol. The van der Waals surface area contributed by atoms with Crippen LogP contribution in [0.25, 0.3) is 20.9 Å². The molecule has 0 aliphatic heterocycles. The zero-order valence-corrected chi connectivity index (χ0v) is 18.0.